The molecule has 1 atom stereocenters. The third kappa shape index (κ3) is 3.98. The topological polar surface area (TPSA) is 32.3 Å². The van der Waals surface area contributed by atoms with E-state index in [0.29, 0.717) is 12.6 Å². The molecule has 1 aliphatic carbocycles. The minimum Gasteiger partial charge on any atom is -0.396 e. The largest absolute Gasteiger partial charge is 0.396 e. The number of aliphatic hydroxyl groups is 1. The van der Waals surface area contributed by atoms with Crippen LogP contribution in [0.3, 0.4) is 0 Å². The van der Waals surface area contributed by atoms with Gasteiger partial charge in [-0.3, -0.25) is 0 Å². The number of nitrogens with one attached hydrogen (secondary N) is 1. The minimum atomic E-state index is 0.321. The van der Waals surface area contributed by atoms with Gasteiger partial charge in [-0.2, -0.15) is 11.8 Å². The molecule has 0 aliphatic heterocycles. The molecular formula is C13H21NOS2. The highest BCUT2D eigenvalue weighted by Crippen LogP contribution is 2.33. The number of aryl methyl sites for hydroxylation is 1. The van der Waals surface area contributed by atoms with Gasteiger partial charge in [-0.25, -0.2) is 0 Å². The van der Waals surface area contributed by atoms with Gasteiger partial charge in [-0.05, 0) is 48.4 Å². The molecule has 1 aromatic rings. The first-order valence-corrected chi connectivity index (χ1v) is 8.43. The van der Waals surface area contributed by atoms with Crippen LogP contribution < -0.4 is 5.32 Å². The van der Waals surface area contributed by atoms with Crippen molar-refractivity contribution in [2.24, 2.45) is 0 Å². The van der Waals surface area contributed by atoms with E-state index >= 15 is 0 Å². The molecule has 0 bridgehead atoms. The maximum atomic E-state index is 8.68. The molecule has 0 saturated heterocycles. The van der Waals surface area contributed by atoms with Crippen molar-refractivity contribution in [2.45, 2.75) is 31.7 Å². The Morgan fingerprint density at radius 2 is 2.41 bits per heavy atom. The summed E-state index contributed by atoms with van der Waals surface area (Å²) in [4.78, 5) is 1.58. The van der Waals surface area contributed by atoms with E-state index in [1.54, 1.807) is 10.4 Å². The zero-order chi connectivity index (χ0) is 11.9. The molecular weight excluding hydrogens is 250 g/mol. The normalized spacial score (nSPS) is 19.2. The van der Waals surface area contributed by atoms with Crippen molar-refractivity contribution < 1.29 is 5.11 Å². The quantitative estimate of drug-likeness (QED) is 0.748. The number of rotatable bonds is 7. The van der Waals surface area contributed by atoms with Crippen molar-refractivity contribution in [3.63, 3.8) is 0 Å². The molecule has 2 rings (SSSR count). The Bertz CT molecular complexity index is 327. The first kappa shape index (κ1) is 13.4. The number of hydrogen-bond donors (Lipinski definition) is 2. The number of thioether (sulfide) groups is 1. The lowest BCUT2D eigenvalue weighted by atomic mass is 9.94. The van der Waals surface area contributed by atoms with E-state index in [-0.39, 0.29) is 0 Å². The molecule has 1 heterocycles. The van der Waals surface area contributed by atoms with Crippen molar-refractivity contribution in [1.29, 1.82) is 0 Å². The van der Waals surface area contributed by atoms with Gasteiger partial charge in [0.15, 0.2) is 0 Å². The third-order valence-corrected chi connectivity index (χ3v) is 5.20. The van der Waals surface area contributed by atoms with E-state index < -0.39 is 0 Å². The van der Waals surface area contributed by atoms with Crippen molar-refractivity contribution in [2.75, 3.05) is 24.7 Å². The lowest BCUT2D eigenvalue weighted by Gasteiger charge is -2.23. The predicted molar refractivity (Wildman–Crippen MR) is 77.0 cm³/mol. The van der Waals surface area contributed by atoms with Crippen molar-refractivity contribution in [3.8, 4) is 0 Å². The number of hydrogen-bond acceptors (Lipinski definition) is 4. The van der Waals surface area contributed by atoms with Crippen LogP contribution in [-0.2, 0) is 6.42 Å². The minimum absolute atomic E-state index is 0.321. The molecule has 2 N–H and O–H groups in total. The van der Waals surface area contributed by atoms with Gasteiger partial charge in [-0.15, -0.1) is 11.3 Å². The monoisotopic (exact) mass is 271 g/mol. The first-order chi connectivity index (χ1) is 8.42. The fourth-order valence-electron chi connectivity index (χ4n) is 2.27. The van der Waals surface area contributed by atoms with Crippen LogP contribution in [0.15, 0.2) is 11.4 Å². The molecule has 0 fully saturated rings. The molecule has 1 aromatic heterocycles. The molecule has 1 unspecified atom stereocenters. The highest BCUT2D eigenvalue weighted by molar-refractivity contribution is 7.99. The Labute approximate surface area is 112 Å². The molecule has 0 spiro atoms. The molecule has 0 amide bonds. The van der Waals surface area contributed by atoms with E-state index in [0.717, 1.165) is 24.5 Å². The Hall–Kier alpha value is -0.0300. The molecule has 1 aliphatic rings. The Balaban J connectivity index is 1.67. The maximum absolute atomic E-state index is 8.68. The van der Waals surface area contributed by atoms with E-state index in [2.05, 4.69) is 16.8 Å². The smallest absolute Gasteiger partial charge is 0.0438 e. The van der Waals surface area contributed by atoms with Crippen molar-refractivity contribution >= 4 is 23.1 Å². The molecule has 0 aromatic carbocycles. The average Bonchev–Trinajstić information content (AvgIpc) is 2.82. The SMILES string of the molecule is OCCCSCCNC1CCCc2sccc21. The van der Waals surface area contributed by atoms with Gasteiger partial charge >= 0.3 is 0 Å². The van der Waals surface area contributed by atoms with E-state index in [4.69, 9.17) is 5.11 Å². The Morgan fingerprint density at radius 1 is 1.47 bits per heavy atom. The molecule has 0 saturated carbocycles. The Morgan fingerprint density at radius 3 is 3.29 bits per heavy atom. The summed E-state index contributed by atoms with van der Waals surface area (Å²) in [5.74, 6) is 2.22. The summed E-state index contributed by atoms with van der Waals surface area (Å²) in [5, 5.41) is 14.6. The summed E-state index contributed by atoms with van der Waals surface area (Å²) in [6.07, 6.45) is 4.80. The highest BCUT2D eigenvalue weighted by atomic mass is 32.2. The summed E-state index contributed by atoms with van der Waals surface area (Å²) in [5.41, 5.74) is 1.54. The standard InChI is InChI=1S/C13H21NOS2/c15-7-2-8-16-10-6-14-12-3-1-4-13-11(12)5-9-17-13/h5,9,12,14-15H,1-4,6-8,10H2. The van der Waals surface area contributed by atoms with Gasteiger partial charge < -0.3 is 10.4 Å². The van der Waals surface area contributed by atoms with Crippen LogP contribution in [0.4, 0.5) is 0 Å². The molecule has 4 heteroatoms. The summed E-state index contributed by atoms with van der Waals surface area (Å²) in [6, 6.07) is 2.87. The highest BCUT2D eigenvalue weighted by Gasteiger charge is 2.19. The van der Waals surface area contributed by atoms with Crippen LogP contribution in [0, 0.1) is 0 Å². The fraction of sp³-hybridized carbons (Fsp3) is 0.692. The second-order valence-corrected chi connectivity index (χ2v) is 6.61. The predicted octanol–water partition coefficient (Wildman–Crippen LogP) is 2.83. The molecule has 2 nitrogen and oxygen atoms in total. The fourth-order valence-corrected chi connectivity index (χ4v) is 4.06. The number of aliphatic hydroxyl groups excluding tert-OH is 1. The maximum Gasteiger partial charge on any atom is 0.0438 e. The average molecular weight is 271 g/mol. The van der Waals surface area contributed by atoms with Crippen LogP contribution in [-0.4, -0.2) is 29.8 Å². The number of thiophene rings is 1. The van der Waals surface area contributed by atoms with Gasteiger partial charge in [0.05, 0.1) is 0 Å². The van der Waals surface area contributed by atoms with Crippen LogP contribution in [0.1, 0.15) is 35.7 Å². The molecule has 96 valence electrons. The van der Waals surface area contributed by atoms with Crippen LogP contribution in [0.5, 0.6) is 0 Å². The van der Waals surface area contributed by atoms with Crippen LogP contribution >= 0.6 is 23.1 Å². The zero-order valence-corrected chi connectivity index (χ0v) is 11.8. The lowest BCUT2D eigenvalue weighted by Crippen LogP contribution is -2.26. The van der Waals surface area contributed by atoms with E-state index in [1.807, 2.05) is 23.1 Å². The summed E-state index contributed by atoms with van der Waals surface area (Å²) < 4.78 is 0. The van der Waals surface area contributed by atoms with E-state index in [1.165, 1.54) is 19.3 Å². The van der Waals surface area contributed by atoms with E-state index in [9.17, 15) is 0 Å². The second-order valence-electron chi connectivity index (χ2n) is 4.39. The third-order valence-electron chi connectivity index (χ3n) is 3.14. The van der Waals surface area contributed by atoms with Gasteiger partial charge in [0.25, 0.3) is 0 Å². The van der Waals surface area contributed by atoms with Crippen molar-refractivity contribution in [3.05, 3.63) is 21.9 Å². The summed E-state index contributed by atoms with van der Waals surface area (Å²) in [6.45, 7) is 1.40. The second kappa shape index (κ2) is 7.41. The van der Waals surface area contributed by atoms with Crippen molar-refractivity contribution in [1.82, 2.24) is 5.32 Å². The lowest BCUT2D eigenvalue weighted by molar-refractivity contribution is 0.296. The van der Waals surface area contributed by atoms with Gasteiger partial charge in [0.2, 0.25) is 0 Å². The summed E-state index contributed by atoms with van der Waals surface area (Å²) in [7, 11) is 0. The number of fused-ring (bicyclic) bond motifs is 1. The van der Waals surface area contributed by atoms with Gasteiger partial charge in [-0.1, -0.05) is 0 Å². The van der Waals surface area contributed by atoms with Crippen LogP contribution in [0.25, 0.3) is 0 Å². The Kier molecular flexibility index (Phi) is 5.85. The van der Waals surface area contributed by atoms with Crippen LogP contribution in [0.2, 0.25) is 0 Å². The first-order valence-electron chi connectivity index (χ1n) is 6.40. The van der Waals surface area contributed by atoms with Gasteiger partial charge in [0.1, 0.15) is 0 Å². The molecule has 17 heavy (non-hydrogen) atoms. The van der Waals surface area contributed by atoms with Gasteiger partial charge in [0, 0.05) is 29.8 Å². The molecule has 0 radical (unpaired) electrons. The zero-order valence-electron chi connectivity index (χ0n) is 10.2. The summed E-state index contributed by atoms with van der Waals surface area (Å²) >= 11 is 3.84.